The first-order valence-corrected chi connectivity index (χ1v) is 7.95. The molecule has 0 aliphatic carbocycles. The molecule has 2 heterocycles. The number of amides is 1. The number of rotatable bonds is 2. The second kappa shape index (κ2) is 5.60. The van der Waals surface area contributed by atoms with Crippen molar-refractivity contribution in [3.05, 3.63) is 65.5 Å². The Balaban J connectivity index is 1.63. The fourth-order valence-electron chi connectivity index (χ4n) is 3.19. The number of anilines is 1. The van der Waals surface area contributed by atoms with Crippen LogP contribution in [0.1, 0.15) is 28.7 Å². The average molecular weight is 319 g/mol. The lowest BCUT2D eigenvalue weighted by Gasteiger charge is -2.22. The minimum absolute atomic E-state index is 0.0169. The van der Waals surface area contributed by atoms with Gasteiger partial charge in [0.15, 0.2) is 0 Å². The number of fused-ring (bicyclic) bond motifs is 1. The van der Waals surface area contributed by atoms with Crippen LogP contribution < -0.4 is 4.90 Å². The van der Waals surface area contributed by atoms with E-state index in [-0.39, 0.29) is 11.9 Å². The predicted molar refractivity (Wildman–Crippen MR) is 90.9 cm³/mol. The molecule has 120 valence electrons. The summed E-state index contributed by atoms with van der Waals surface area (Å²) in [6.45, 7) is 3.83. The molecule has 0 bridgehead atoms. The zero-order chi connectivity index (χ0) is 16.7. The van der Waals surface area contributed by atoms with Crippen molar-refractivity contribution in [1.82, 2.24) is 10.1 Å². The highest BCUT2D eigenvalue weighted by atomic mass is 16.5. The summed E-state index contributed by atoms with van der Waals surface area (Å²) >= 11 is 0. The number of nitrogens with zero attached hydrogens (tertiary/aromatic N) is 3. The molecule has 3 aromatic rings. The van der Waals surface area contributed by atoms with E-state index in [0.717, 1.165) is 17.7 Å². The lowest BCUT2D eigenvalue weighted by molar-refractivity contribution is 0.0981. The Labute approximate surface area is 139 Å². The minimum Gasteiger partial charge on any atom is -0.339 e. The van der Waals surface area contributed by atoms with Crippen LogP contribution in [0.2, 0.25) is 0 Å². The van der Waals surface area contributed by atoms with E-state index in [2.05, 4.69) is 23.1 Å². The Hall–Kier alpha value is -2.95. The number of carbonyl (C=O) groups is 1. The Morgan fingerprint density at radius 2 is 1.92 bits per heavy atom. The normalized spacial score (nSPS) is 16.2. The molecule has 1 unspecified atom stereocenters. The zero-order valence-corrected chi connectivity index (χ0v) is 13.6. The molecule has 0 spiro atoms. The van der Waals surface area contributed by atoms with Crippen molar-refractivity contribution in [3.63, 3.8) is 0 Å². The van der Waals surface area contributed by atoms with Gasteiger partial charge in [0, 0.05) is 29.8 Å². The van der Waals surface area contributed by atoms with Gasteiger partial charge in [0.2, 0.25) is 11.7 Å². The largest absolute Gasteiger partial charge is 0.339 e. The fraction of sp³-hybridized carbons (Fsp3) is 0.211. The summed E-state index contributed by atoms with van der Waals surface area (Å²) in [6.07, 6.45) is 0.891. The van der Waals surface area contributed by atoms with Gasteiger partial charge in [-0.15, -0.1) is 0 Å². The summed E-state index contributed by atoms with van der Waals surface area (Å²) in [6, 6.07) is 15.6. The van der Waals surface area contributed by atoms with E-state index in [0.29, 0.717) is 17.3 Å². The number of carbonyl (C=O) groups excluding carboxylic acids is 1. The van der Waals surface area contributed by atoms with E-state index in [1.54, 1.807) is 6.92 Å². The van der Waals surface area contributed by atoms with Crippen LogP contribution in [0.3, 0.4) is 0 Å². The number of hydrogen-bond acceptors (Lipinski definition) is 4. The molecule has 5 nitrogen and oxygen atoms in total. The number of benzene rings is 2. The van der Waals surface area contributed by atoms with Gasteiger partial charge in [-0.3, -0.25) is 4.79 Å². The Morgan fingerprint density at radius 1 is 1.17 bits per heavy atom. The third-order valence-electron chi connectivity index (χ3n) is 4.34. The summed E-state index contributed by atoms with van der Waals surface area (Å²) in [5.41, 5.74) is 3.71. The molecule has 0 radical (unpaired) electrons. The lowest BCUT2D eigenvalue weighted by atomic mass is 10.1. The maximum absolute atomic E-state index is 12.9. The van der Waals surface area contributed by atoms with Crippen LogP contribution in [0.4, 0.5) is 5.69 Å². The third-order valence-corrected chi connectivity index (χ3v) is 4.34. The molecule has 0 fully saturated rings. The first kappa shape index (κ1) is 14.6. The van der Waals surface area contributed by atoms with Crippen LogP contribution in [0.25, 0.3) is 11.4 Å². The molecule has 1 amide bonds. The van der Waals surface area contributed by atoms with Gasteiger partial charge in [0.25, 0.3) is 5.91 Å². The van der Waals surface area contributed by atoms with Crippen molar-refractivity contribution in [3.8, 4) is 11.4 Å². The van der Waals surface area contributed by atoms with Crippen LogP contribution in [0.5, 0.6) is 0 Å². The summed E-state index contributed by atoms with van der Waals surface area (Å²) in [7, 11) is 0. The van der Waals surface area contributed by atoms with Crippen molar-refractivity contribution in [2.45, 2.75) is 26.3 Å². The number of aryl methyl sites for hydroxylation is 1. The highest BCUT2D eigenvalue weighted by Crippen LogP contribution is 2.33. The molecular weight excluding hydrogens is 302 g/mol. The van der Waals surface area contributed by atoms with Gasteiger partial charge in [0.1, 0.15) is 0 Å². The molecule has 0 saturated carbocycles. The molecule has 4 rings (SSSR count). The third kappa shape index (κ3) is 2.38. The molecule has 24 heavy (non-hydrogen) atoms. The molecule has 1 aliphatic rings. The smallest absolute Gasteiger partial charge is 0.258 e. The van der Waals surface area contributed by atoms with E-state index < -0.39 is 0 Å². The molecule has 2 aromatic carbocycles. The Kier molecular flexibility index (Phi) is 3.41. The minimum atomic E-state index is 0.0169. The van der Waals surface area contributed by atoms with Crippen LogP contribution in [-0.2, 0) is 6.42 Å². The van der Waals surface area contributed by atoms with Gasteiger partial charge in [-0.2, -0.15) is 4.98 Å². The SMILES string of the molecule is Cc1nc(-c2ccc(C(=O)N3c4ccccc4CC3C)cc2)no1. The van der Waals surface area contributed by atoms with Crippen molar-refractivity contribution in [1.29, 1.82) is 0 Å². The lowest BCUT2D eigenvalue weighted by Crippen LogP contribution is -2.35. The average Bonchev–Trinajstić information content (AvgIpc) is 3.17. The second-order valence-electron chi connectivity index (χ2n) is 6.07. The molecule has 0 saturated heterocycles. The molecule has 1 aliphatic heterocycles. The van der Waals surface area contributed by atoms with E-state index in [9.17, 15) is 4.79 Å². The van der Waals surface area contributed by atoms with Crippen molar-refractivity contribution >= 4 is 11.6 Å². The van der Waals surface area contributed by atoms with Crippen LogP contribution in [0.15, 0.2) is 53.1 Å². The summed E-state index contributed by atoms with van der Waals surface area (Å²) < 4.78 is 4.99. The first-order chi connectivity index (χ1) is 11.6. The van der Waals surface area contributed by atoms with Crippen molar-refractivity contribution in [2.24, 2.45) is 0 Å². The van der Waals surface area contributed by atoms with Crippen LogP contribution in [0, 0.1) is 6.92 Å². The van der Waals surface area contributed by atoms with Crippen molar-refractivity contribution in [2.75, 3.05) is 4.90 Å². The van der Waals surface area contributed by atoms with Gasteiger partial charge < -0.3 is 9.42 Å². The molecule has 1 atom stereocenters. The second-order valence-corrected chi connectivity index (χ2v) is 6.07. The van der Waals surface area contributed by atoms with Crippen molar-refractivity contribution < 1.29 is 9.32 Å². The standard InChI is InChI=1S/C19H17N3O2/c1-12-11-16-5-3-4-6-17(16)22(12)19(23)15-9-7-14(8-10-15)18-20-13(2)24-21-18/h3-10,12H,11H2,1-2H3. The fourth-order valence-corrected chi connectivity index (χ4v) is 3.19. The van der Waals surface area contributed by atoms with E-state index in [4.69, 9.17) is 4.52 Å². The van der Waals surface area contributed by atoms with Crippen LogP contribution in [-0.4, -0.2) is 22.1 Å². The van der Waals surface area contributed by atoms with Gasteiger partial charge in [-0.1, -0.05) is 35.5 Å². The first-order valence-electron chi connectivity index (χ1n) is 7.95. The summed E-state index contributed by atoms with van der Waals surface area (Å²) in [5, 5.41) is 3.90. The van der Waals surface area contributed by atoms with E-state index in [1.165, 1.54) is 5.56 Å². The summed E-state index contributed by atoms with van der Waals surface area (Å²) in [5.74, 6) is 1.07. The number of aromatic nitrogens is 2. The Morgan fingerprint density at radius 3 is 2.62 bits per heavy atom. The number of hydrogen-bond donors (Lipinski definition) is 0. The van der Waals surface area contributed by atoms with Gasteiger partial charge in [-0.05, 0) is 37.1 Å². The van der Waals surface area contributed by atoms with E-state index >= 15 is 0 Å². The number of para-hydroxylation sites is 1. The van der Waals surface area contributed by atoms with Gasteiger partial charge in [-0.25, -0.2) is 0 Å². The summed E-state index contributed by atoms with van der Waals surface area (Å²) in [4.78, 5) is 19.0. The highest BCUT2D eigenvalue weighted by Gasteiger charge is 2.31. The monoisotopic (exact) mass is 319 g/mol. The quantitative estimate of drug-likeness (QED) is 0.723. The predicted octanol–water partition coefficient (Wildman–Crippen LogP) is 3.64. The molecule has 1 aromatic heterocycles. The maximum atomic E-state index is 12.9. The van der Waals surface area contributed by atoms with Gasteiger partial charge in [0.05, 0.1) is 0 Å². The maximum Gasteiger partial charge on any atom is 0.258 e. The van der Waals surface area contributed by atoms with Gasteiger partial charge >= 0.3 is 0 Å². The Bertz CT molecular complexity index is 899. The molecule has 0 N–H and O–H groups in total. The highest BCUT2D eigenvalue weighted by molar-refractivity contribution is 6.07. The molecular formula is C19H17N3O2. The van der Waals surface area contributed by atoms with E-state index in [1.807, 2.05) is 47.4 Å². The molecule has 5 heteroatoms. The zero-order valence-electron chi connectivity index (χ0n) is 13.6. The topological polar surface area (TPSA) is 59.2 Å². The van der Waals surface area contributed by atoms with Crippen LogP contribution >= 0.6 is 0 Å².